The molecule has 0 heterocycles. The molecule has 0 spiro atoms. The molecule has 2 aromatic rings. The fraction of sp³-hybridized carbons (Fsp3) is 0.409. The zero-order chi connectivity index (χ0) is 23.1. The van der Waals surface area contributed by atoms with Crippen molar-refractivity contribution in [2.45, 2.75) is 41.9 Å². The Morgan fingerprint density at radius 3 is 1.81 bits per heavy atom. The van der Waals surface area contributed by atoms with E-state index in [1.54, 1.807) is 44.2 Å². The number of halogens is 4. The highest BCUT2D eigenvalue weighted by Crippen LogP contribution is 2.37. The maximum absolute atomic E-state index is 11.9. The average Bonchev–Trinajstić information content (AvgIpc) is 2.76. The van der Waals surface area contributed by atoms with Gasteiger partial charge in [0.2, 0.25) is 6.43 Å². The Kier molecular flexibility index (Phi) is 14.8. The molecule has 0 fully saturated rings. The summed E-state index contributed by atoms with van der Waals surface area (Å²) in [6, 6.07) is 10.9. The summed E-state index contributed by atoms with van der Waals surface area (Å²) in [5, 5.41) is 1.30. The van der Waals surface area contributed by atoms with Gasteiger partial charge in [-0.2, -0.15) is 0 Å². The SMILES string of the molecule is COc1cccc(Cl)c1SCCCC(F)F.COc1cccc(Cl)c1SCCCC=O. The number of hydrogen-bond acceptors (Lipinski definition) is 5. The van der Waals surface area contributed by atoms with Gasteiger partial charge < -0.3 is 14.3 Å². The summed E-state index contributed by atoms with van der Waals surface area (Å²) in [5.74, 6) is 2.97. The zero-order valence-electron chi connectivity index (χ0n) is 17.4. The van der Waals surface area contributed by atoms with Crippen molar-refractivity contribution in [1.82, 2.24) is 0 Å². The van der Waals surface area contributed by atoms with Crippen molar-refractivity contribution in [3.05, 3.63) is 46.4 Å². The first kappa shape index (κ1) is 27.9. The van der Waals surface area contributed by atoms with Gasteiger partial charge in [0.25, 0.3) is 0 Å². The van der Waals surface area contributed by atoms with Crippen LogP contribution in [0.3, 0.4) is 0 Å². The first-order valence-electron chi connectivity index (χ1n) is 9.56. The Morgan fingerprint density at radius 1 is 0.903 bits per heavy atom. The lowest BCUT2D eigenvalue weighted by molar-refractivity contribution is -0.107. The third-order valence-corrected chi connectivity index (χ3v) is 7.09. The Morgan fingerprint density at radius 2 is 1.39 bits per heavy atom. The largest absolute Gasteiger partial charge is 0.496 e. The summed E-state index contributed by atoms with van der Waals surface area (Å²) >= 11 is 15.1. The van der Waals surface area contributed by atoms with Crippen LogP contribution in [0, 0.1) is 0 Å². The van der Waals surface area contributed by atoms with Crippen LogP contribution in [0.15, 0.2) is 46.2 Å². The van der Waals surface area contributed by atoms with Crippen LogP contribution in [-0.4, -0.2) is 38.4 Å². The Hall–Kier alpha value is -1.15. The van der Waals surface area contributed by atoms with Gasteiger partial charge in [0.15, 0.2) is 0 Å². The van der Waals surface area contributed by atoms with E-state index in [1.807, 2.05) is 18.2 Å². The minimum atomic E-state index is -2.23. The smallest absolute Gasteiger partial charge is 0.238 e. The minimum Gasteiger partial charge on any atom is -0.496 e. The average molecular weight is 511 g/mol. The summed E-state index contributed by atoms with van der Waals surface area (Å²) in [5.41, 5.74) is 0. The molecule has 0 aliphatic heterocycles. The molecule has 0 aliphatic carbocycles. The van der Waals surface area contributed by atoms with E-state index < -0.39 is 6.43 Å². The van der Waals surface area contributed by atoms with E-state index >= 15 is 0 Å². The second-order valence-electron chi connectivity index (χ2n) is 6.08. The van der Waals surface area contributed by atoms with Gasteiger partial charge in [-0.1, -0.05) is 35.3 Å². The van der Waals surface area contributed by atoms with Crippen LogP contribution >= 0.6 is 46.7 Å². The topological polar surface area (TPSA) is 35.5 Å². The van der Waals surface area contributed by atoms with Gasteiger partial charge >= 0.3 is 0 Å². The van der Waals surface area contributed by atoms with Crippen molar-refractivity contribution in [2.75, 3.05) is 25.7 Å². The highest BCUT2D eigenvalue weighted by atomic mass is 35.5. The Bertz CT molecular complexity index is 795. The number of ether oxygens (including phenoxy) is 2. The van der Waals surface area contributed by atoms with E-state index in [-0.39, 0.29) is 6.42 Å². The quantitative estimate of drug-likeness (QED) is 0.164. The second-order valence-corrected chi connectivity index (χ2v) is 9.11. The van der Waals surface area contributed by atoms with Crippen molar-refractivity contribution in [2.24, 2.45) is 0 Å². The zero-order valence-corrected chi connectivity index (χ0v) is 20.6. The van der Waals surface area contributed by atoms with Crippen molar-refractivity contribution in [1.29, 1.82) is 0 Å². The molecule has 0 saturated heterocycles. The lowest BCUT2D eigenvalue weighted by Crippen LogP contribution is -1.92. The predicted octanol–water partition coefficient (Wildman–Crippen LogP) is 7.91. The molecule has 0 unspecified atom stereocenters. The standard InChI is InChI=1S/C11H13ClF2OS.C11H13ClO2S/c1-15-9-5-2-4-8(12)11(9)16-7-3-6-10(13)14;1-14-10-6-4-5-9(12)11(10)15-8-3-2-7-13/h2,4-5,10H,3,6-7H2,1H3;4-7H,2-3,8H2,1H3. The number of rotatable bonds is 12. The van der Waals surface area contributed by atoms with E-state index in [2.05, 4.69) is 0 Å². The minimum absolute atomic E-state index is 0.0697. The molecule has 0 aromatic heterocycles. The number of methoxy groups -OCH3 is 2. The number of carbonyl (C=O) groups excluding carboxylic acids is 1. The molecule has 0 saturated carbocycles. The van der Waals surface area contributed by atoms with Crippen LogP contribution < -0.4 is 9.47 Å². The van der Waals surface area contributed by atoms with Gasteiger partial charge in [0.05, 0.1) is 34.1 Å². The van der Waals surface area contributed by atoms with E-state index in [9.17, 15) is 13.6 Å². The van der Waals surface area contributed by atoms with Crippen LogP contribution in [0.5, 0.6) is 11.5 Å². The van der Waals surface area contributed by atoms with Crippen molar-refractivity contribution < 1.29 is 23.0 Å². The molecule has 0 aliphatic rings. The number of aldehydes is 1. The summed E-state index contributed by atoms with van der Waals surface area (Å²) in [6.07, 6.45) is 0.567. The molecule has 172 valence electrons. The van der Waals surface area contributed by atoms with Crippen molar-refractivity contribution in [3.63, 3.8) is 0 Å². The second kappa shape index (κ2) is 16.5. The van der Waals surface area contributed by atoms with E-state index in [4.69, 9.17) is 32.7 Å². The predicted molar refractivity (Wildman–Crippen MR) is 128 cm³/mol. The fourth-order valence-electron chi connectivity index (χ4n) is 2.33. The van der Waals surface area contributed by atoms with Crippen LogP contribution in [-0.2, 0) is 4.79 Å². The third kappa shape index (κ3) is 10.8. The molecule has 2 aromatic carbocycles. The Balaban J connectivity index is 0.000000311. The van der Waals surface area contributed by atoms with Crippen molar-refractivity contribution >= 4 is 53.0 Å². The van der Waals surface area contributed by atoms with Crippen LogP contribution in [0.1, 0.15) is 25.7 Å². The van der Waals surface area contributed by atoms with Crippen LogP contribution in [0.25, 0.3) is 0 Å². The summed E-state index contributed by atoms with van der Waals surface area (Å²) in [4.78, 5) is 11.9. The number of unbranched alkanes of at least 4 members (excludes halogenated alkanes) is 1. The van der Waals surface area contributed by atoms with E-state index in [0.717, 1.165) is 34.0 Å². The molecular weight excluding hydrogens is 485 g/mol. The molecule has 0 atom stereocenters. The maximum atomic E-state index is 11.9. The van der Waals surface area contributed by atoms with Gasteiger partial charge in [-0.05, 0) is 48.6 Å². The maximum Gasteiger partial charge on any atom is 0.238 e. The van der Waals surface area contributed by atoms with Gasteiger partial charge in [-0.25, -0.2) is 8.78 Å². The number of hydrogen-bond donors (Lipinski definition) is 0. The third-order valence-electron chi connectivity index (χ3n) is 3.83. The first-order valence-corrected chi connectivity index (χ1v) is 12.3. The molecule has 0 radical (unpaired) electrons. The summed E-state index contributed by atoms with van der Waals surface area (Å²) in [7, 11) is 3.19. The van der Waals surface area contributed by atoms with Crippen molar-refractivity contribution in [3.8, 4) is 11.5 Å². The number of alkyl halides is 2. The molecular formula is C22H26Cl2F2O3S2. The fourth-order valence-corrected chi connectivity index (χ4v) is 5.02. The molecule has 0 N–H and O–H groups in total. The Labute approximate surface area is 201 Å². The van der Waals surface area contributed by atoms with Gasteiger partial charge in [-0.15, -0.1) is 23.5 Å². The molecule has 31 heavy (non-hydrogen) atoms. The lowest BCUT2D eigenvalue weighted by Gasteiger charge is -2.09. The number of benzene rings is 2. The monoisotopic (exact) mass is 510 g/mol. The molecule has 2 rings (SSSR count). The summed E-state index contributed by atoms with van der Waals surface area (Å²) < 4.78 is 34.2. The number of carbonyl (C=O) groups is 1. The van der Waals surface area contributed by atoms with E-state index in [0.29, 0.717) is 34.4 Å². The van der Waals surface area contributed by atoms with Gasteiger partial charge in [0.1, 0.15) is 17.8 Å². The van der Waals surface area contributed by atoms with Gasteiger partial charge in [0, 0.05) is 12.8 Å². The summed E-state index contributed by atoms with van der Waals surface area (Å²) in [6.45, 7) is 0. The molecule has 3 nitrogen and oxygen atoms in total. The molecule has 9 heteroatoms. The molecule has 0 bridgehead atoms. The number of thioether (sulfide) groups is 2. The first-order chi connectivity index (χ1) is 14.9. The highest BCUT2D eigenvalue weighted by Gasteiger charge is 2.09. The van der Waals surface area contributed by atoms with Gasteiger partial charge in [-0.3, -0.25) is 0 Å². The molecule has 0 amide bonds. The van der Waals surface area contributed by atoms with E-state index in [1.165, 1.54) is 11.8 Å². The van der Waals surface area contributed by atoms with Crippen LogP contribution in [0.2, 0.25) is 10.0 Å². The van der Waals surface area contributed by atoms with Crippen LogP contribution in [0.4, 0.5) is 8.78 Å². The highest BCUT2D eigenvalue weighted by molar-refractivity contribution is 7.99. The lowest BCUT2D eigenvalue weighted by atomic mass is 10.3. The normalized spacial score (nSPS) is 10.4.